The van der Waals surface area contributed by atoms with E-state index in [2.05, 4.69) is 4.99 Å². The Morgan fingerprint density at radius 3 is 1.72 bits per heavy atom. The lowest BCUT2D eigenvalue weighted by molar-refractivity contribution is 0.106. The van der Waals surface area contributed by atoms with Gasteiger partial charge in [0.25, 0.3) is 0 Å². The van der Waals surface area contributed by atoms with Gasteiger partial charge < -0.3 is 0 Å². The van der Waals surface area contributed by atoms with E-state index in [1.165, 1.54) is 22.7 Å². The minimum atomic E-state index is -1.25. The van der Waals surface area contributed by atoms with Crippen molar-refractivity contribution in [3.8, 4) is 34.0 Å². The third-order valence-electron chi connectivity index (χ3n) is 9.39. The molecule has 0 amide bonds. The van der Waals surface area contributed by atoms with Crippen LogP contribution in [0.25, 0.3) is 20.9 Å². The van der Waals surface area contributed by atoms with E-state index in [4.69, 9.17) is 4.99 Å². The number of fused-ring (bicyclic) bond motifs is 5. The Hall–Kier alpha value is -5.99. The highest BCUT2D eigenvalue weighted by atomic mass is 32.1. The second-order valence-electron chi connectivity index (χ2n) is 11.7. The Balaban J connectivity index is 1.36. The number of hydrogen-bond acceptors (Lipinski definition) is 9. The van der Waals surface area contributed by atoms with Crippen molar-refractivity contribution in [1.29, 1.82) is 21.0 Å². The summed E-state index contributed by atoms with van der Waals surface area (Å²) >= 11 is 2.62. The molecule has 50 heavy (non-hydrogen) atoms. The largest absolute Gasteiger partial charge is 0.287 e. The van der Waals surface area contributed by atoms with Crippen LogP contribution in [-0.4, -0.2) is 17.2 Å². The van der Waals surface area contributed by atoms with E-state index in [9.17, 15) is 43.4 Å². The maximum Gasteiger partial charge on any atom is 0.212 e. The van der Waals surface area contributed by atoms with Crippen molar-refractivity contribution in [2.24, 2.45) is 9.98 Å². The highest BCUT2D eigenvalue weighted by Gasteiger charge is 2.44. The minimum absolute atomic E-state index is 0.0838. The lowest BCUT2D eigenvalue weighted by Gasteiger charge is -2.27. The molecule has 0 N–H and O–H groups in total. The van der Waals surface area contributed by atoms with E-state index in [0.29, 0.717) is 34.1 Å². The van der Waals surface area contributed by atoms with Gasteiger partial charge in [-0.25, -0.2) is 27.5 Å². The first-order valence-corrected chi connectivity index (χ1v) is 16.7. The Labute approximate surface area is 290 Å². The Bertz CT molecular complexity index is 2520. The molecule has 3 aliphatic carbocycles. The molecular weight excluding hydrogens is 685 g/mol. The zero-order valence-electron chi connectivity index (χ0n) is 26.0. The topological polar surface area (TPSA) is 137 Å². The van der Waals surface area contributed by atoms with Gasteiger partial charge in [0, 0.05) is 34.1 Å². The predicted molar refractivity (Wildman–Crippen MR) is 180 cm³/mol. The second-order valence-corrected chi connectivity index (χ2v) is 13.7. The summed E-state index contributed by atoms with van der Waals surface area (Å²) in [6, 6.07) is 14.5. The fourth-order valence-corrected chi connectivity index (χ4v) is 9.47. The number of rotatable bonds is 4. The van der Waals surface area contributed by atoms with E-state index in [0.717, 1.165) is 45.1 Å². The molecule has 242 valence electrons. The van der Waals surface area contributed by atoms with E-state index in [-0.39, 0.29) is 45.5 Å². The van der Waals surface area contributed by atoms with Gasteiger partial charge in [0.05, 0.1) is 15.5 Å². The summed E-state index contributed by atoms with van der Waals surface area (Å²) in [7, 11) is 0. The van der Waals surface area contributed by atoms with Crippen molar-refractivity contribution in [2.45, 2.75) is 38.5 Å². The zero-order chi connectivity index (χ0) is 35.6. The lowest BCUT2D eigenvalue weighted by Crippen LogP contribution is -2.22. The van der Waals surface area contributed by atoms with E-state index < -0.39 is 40.0 Å². The second kappa shape index (κ2) is 11.9. The van der Waals surface area contributed by atoms with Crippen molar-refractivity contribution in [1.82, 2.24) is 0 Å². The molecule has 2 aromatic carbocycles. The zero-order valence-corrected chi connectivity index (χ0v) is 27.6. The first-order chi connectivity index (χ1) is 24.0. The van der Waals surface area contributed by atoms with Crippen LogP contribution in [0, 0.1) is 68.6 Å². The Kier molecular flexibility index (Phi) is 7.72. The molecule has 0 saturated carbocycles. The third-order valence-corrected chi connectivity index (χ3v) is 11.6. The number of thiophene rings is 2. The van der Waals surface area contributed by atoms with Gasteiger partial charge in [0.2, 0.25) is 5.78 Å². The average Bonchev–Trinajstić information content (AvgIpc) is 3.89. The van der Waals surface area contributed by atoms with E-state index in [1.54, 1.807) is 12.1 Å². The number of halogens is 4. The first-order valence-electron chi connectivity index (χ1n) is 15.1. The SMILES string of the molecule is CCC1(CC)c2cc(/N=C3\C(=O)c4cc(F)c(F)cc4C3=C(C#N)C#N)sc2-c2sc(/N=C3\Cc4cc(F)c(F)cc4C3=C(C#N)C#N)cc21. The van der Waals surface area contributed by atoms with Crippen LogP contribution in [-0.2, 0) is 11.8 Å². The molecule has 0 bridgehead atoms. The summed E-state index contributed by atoms with van der Waals surface area (Å²) in [5, 5.41) is 39.6. The summed E-state index contributed by atoms with van der Waals surface area (Å²) < 4.78 is 56.8. The molecule has 7 rings (SSSR count). The molecule has 3 aliphatic rings. The van der Waals surface area contributed by atoms with Crippen LogP contribution in [0.4, 0.5) is 27.6 Å². The van der Waals surface area contributed by atoms with E-state index in [1.807, 2.05) is 38.1 Å². The van der Waals surface area contributed by atoms with Gasteiger partial charge in [-0.1, -0.05) is 13.8 Å². The predicted octanol–water partition coefficient (Wildman–Crippen LogP) is 9.35. The molecule has 0 unspecified atom stereocenters. The van der Waals surface area contributed by atoms with Gasteiger partial charge in [-0.15, -0.1) is 22.7 Å². The molecule has 0 atom stereocenters. The molecule has 7 nitrogen and oxygen atoms in total. The number of aliphatic imine (C=N–C) groups is 2. The average molecular weight is 703 g/mol. The van der Waals surface area contributed by atoms with Crippen molar-refractivity contribution in [3.05, 3.63) is 104 Å². The van der Waals surface area contributed by atoms with Crippen LogP contribution in [0.3, 0.4) is 0 Å². The summed E-state index contributed by atoms with van der Waals surface area (Å²) in [4.78, 5) is 24.6. The first kappa shape index (κ1) is 32.6. The van der Waals surface area contributed by atoms with Crippen LogP contribution in [0.2, 0.25) is 0 Å². The molecule has 2 heterocycles. The fourth-order valence-electron chi connectivity index (χ4n) is 7.02. The third kappa shape index (κ3) is 4.59. The quantitative estimate of drug-likeness (QED) is 0.154. The molecule has 2 aromatic heterocycles. The molecule has 0 radical (unpaired) electrons. The fraction of sp³-hybridized carbons (Fsp3) is 0.162. The number of benzene rings is 2. The molecule has 4 aromatic rings. The highest BCUT2D eigenvalue weighted by molar-refractivity contribution is 7.26. The van der Waals surface area contributed by atoms with Crippen LogP contribution >= 0.6 is 22.7 Å². The smallest absolute Gasteiger partial charge is 0.212 e. The summed E-state index contributed by atoms with van der Waals surface area (Å²) in [5.41, 5.74) is 1.16. The number of carbonyl (C=O) groups is 1. The van der Waals surface area contributed by atoms with Gasteiger partial charge in [-0.3, -0.25) is 4.79 Å². The van der Waals surface area contributed by atoms with Gasteiger partial charge in [0.15, 0.2) is 23.3 Å². The minimum Gasteiger partial charge on any atom is -0.287 e. The van der Waals surface area contributed by atoms with Gasteiger partial charge >= 0.3 is 0 Å². The standard InChI is InChI=1S/C37H18F4N6OS2/c1-3-37(4-2)22-10-29(46-28-6-16-5-24(38)25(39)7-19(16)31(28)17(12-42)13-43)49-35(22)36-23(37)11-30(50-36)47-33-32(18(14-44)15-45)20-8-26(40)27(41)9-21(20)34(33)48/h5,7-11H,3-4,6H2,1-2H3/b46-28+,47-33-. The monoisotopic (exact) mass is 702 g/mol. The maximum atomic E-state index is 14.3. The van der Waals surface area contributed by atoms with Crippen molar-refractivity contribution < 1.29 is 22.4 Å². The number of carbonyl (C=O) groups excluding carboxylic acids is 1. The number of ketones is 1. The number of Topliss-reactive ketones (excluding diaryl/α,β-unsaturated/α-hetero) is 1. The lowest BCUT2D eigenvalue weighted by atomic mass is 9.75. The summed E-state index contributed by atoms with van der Waals surface area (Å²) in [6.07, 6.45) is 1.43. The molecule has 0 spiro atoms. The molecule has 13 heteroatoms. The normalized spacial score (nSPS) is 16.4. The summed E-state index contributed by atoms with van der Waals surface area (Å²) in [5.74, 6) is -5.37. The molecule has 0 aliphatic heterocycles. The van der Waals surface area contributed by atoms with Crippen molar-refractivity contribution >= 4 is 61.0 Å². The highest BCUT2D eigenvalue weighted by Crippen LogP contribution is 2.61. The van der Waals surface area contributed by atoms with Crippen molar-refractivity contribution in [2.75, 3.05) is 0 Å². The number of hydrogen-bond donors (Lipinski definition) is 0. The number of allylic oxidation sites excluding steroid dienone is 4. The molecule has 0 fully saturated rings. The van der Waals surface area contributed by atoms with Gasteiger partial charge in [-0.2, -0.15) is 21.0 Å². The van der Waals surface area contributed by atoms with Crippen LogP contribution < -0.4 is 0 Å². The Morgan fingerprint density at radius 2 is 1.18 bits per heavy atom. The van der Waals surface area contributed by atoms with Gasteiger partial charge in [0.1, 0.15) is 51.1 Å². The Morgan fingerprint density at radius 1 is 0.700 bits per heavy atom. The number of nitriles is 4. The van der Waals surface area contributed by atoms with Crippen LogP contribution in [0.15, 0.2) is 57.5 Å². The number of nitrogens with zero attached hydrogens (tertiary/aromatic N) is 6. The van der Waals surface area contributed by atoms with Gasteiger partial charge in [-0.05, 0) is 71.5 Å². The van der Waals surface area contributed by atoms with Crippen LogP contribution in [0.1, 0.15) is 64.9 Å². The van der Waals surface area contributed by atoms with Crippen LogP contribution in [0.5, 0.6) is 0 Å². The molecule has 0 saturated heterocycles. The van der Waals surface area contributed by atoms with Crippen molar-refractivity contribution in [3.63, 3.8) is 0 Å². The van der Waals surface area contributed by atoms with E-state index >= 15 is 0 Å². The molecular formula is C37H18F4N6OS2. The maximum absolute atomic E-state index is 14.3. The summed E-state index contributed by atoms with van der Waals surface area (Å²) in [6.45, 7) is 4.07.